The van der Waals surface area contributed by atoms with E-state index in [0.717, 1.165) is 5.56 Å². The monoisotopic (exact) mass is 387 g/mol. The first-order valence-electron chi connectivity index (χ1n) is 7.79. The predicted octanol–water partition coefficient (Wildman–Crippen LogP) is 5.12. The summed E-state index contributed by atoms with van der Waals surface area (Å²) in [5, 5.41) is 3.26. The van der Waals surface area contributed by atoms with E-state index in [0.29, 0.717) is 22.2 Å². The Hall–Kier alpha value is -2.44. The van der Waals surface area contributed by atoms with Gasteiger partial charge in [-0.2, -0.15) is 0 Å². The highest BCUT2D eigenvalue weighted by Crippen LogP contribution is 2.23. The molecule has 0 saturated heterocycles. The lowest BCUT2D eigenvalue weighted by molar-refractivity contribution is 0.102. The summed E-state index contributed by atoms with van der Waals surface area (Å²) in [6, 6.07) is 13.9. The normalized spacial score (nSPS) is 10.6. The molecule has 132 valence electrons. The number of carbonyl (C=O) groups excluding carboxylic acids is 1. The van der Waals surface area contributed by atoms with Gasteiger partial charge in [-0.05, 0) is 30.7 Å². The standard InChI is InChI=1S/C19H15ClFN3OS/c1-12-6-8-14(9-7-12)23-18(25)17-15(20)10-22-19(24-17)26-11-13-4-2-3-5-16(13)21/h2-10H,11H2,1H3,(H,23,25). The number of thioether (sulfide) groups is 1. The van der Waals surface area contributed by atoms with Gasteiger partial charge in [0.15, 0.2) is 10.9 Å². The molecule has 1 heterocycles. The lowest BCUT2D eigenvalue weighted by Gasteiger charge is -2.08. The van der Waals surface area contributed by atoms with Crippen LogP contribution >= 0.6 is 23.4 Å². The van der Waals surface area contributed by atoms with Crippen molar-refractivity contribution in [2.75, 3.05) is 5.32 Å². The van der Waals surface area contributed by atoms with Gasteiger partial charge >= 0.3 is 0 Å². The van der Waals surface area contributed by atoms with Crippen LogP contribution in [0.2, 0.25) is 5.02 Å². The van der Waals surface area contributed by atoms with Gasteiger partial charge in [0, 0.05) is 11.4 Å². The van der Waals surface area contributed by atoms with Gasteiger partial charge in [0.25, 0.3) is 5.91 Å². The molecule has 0 radical (unpaired) electrons. The second-order valence-corrected chi connectivity index (χ2v) is 6.90. The summed E-state index contributed by atoms with van der Waals surface area (Å²) in [5.74, 6) is -0.354. The zero-order chi connectivity index (χ0) is 18.5. The van der Waals surface area contributed by atoms with Crippen LogP contribution in [0.25, 0.3) is 0 Å². The Labute approximate surface area is 159 Å². The quantitative estimate of drug-likeness (QED) is 0.487. The number of nitrogens with zero attached hydrogens (tertiary/aromatic N) is 2. The largest absolute Gasteiger partial charge is 0.321 e. The van der Waals surface area contributed by atoms with Crippen LogP contribution in [-0.4, -0.2) is 15.9 Å². The van der Waals surface area contributed by atoms with Gasteiger partial charge in [-0.25, -0.2) is 14.4 Å². The van der Waals surface area contributed by atoms with Gasteiger partial charge in [-0.3, -0.25) is 4.79 Å². The molecule has 3 rings (SSSR count). The van der Waals surface area contributed by atoms with E-state index < -0.39 is 5.91 Å². The van der Waals surface area contributed by atoms with E-state index in [1.165, 1.54) is 24.0 Å². The van der Waals surface area contributed by atoms with Crippen molar-refractivity contribution in [2.45, 2.75) is 17.8 Å². The number of hydrogen-bond acceptors (Lipinski definition) is 4. The Balaban J connectivity index is 1.73. The van der Waals surface area contributed by atoms with Crippen molar-refractivity contribution in [3.63, 3.8) is 0 Å². The smallest absolute Gasteiger partial charge is 0.275 e. The van der Waals surface area contributed by atoms with Crippen molar-refractivity contribution in [1.82, 2.24) is 9.97 Å². The van der Waals surface area contributed by atoms with Crippen molar-refractivity contribution >= 4 is 35.0 Å². The highest BCUT2D eigenvalue weighted by atomic mass is 35.5. The number of halogens is 2. The molecule has 3 aromatic rings. The molecule has 0 aliphatic rings. The fourth-order valence-corrected chi connectivity index (χ4v) is 3.14. The number of carbonyl (C=O) groups is 1. The SMILES string of the molecule is Cc1ccc(NC(=O)c2nc(SCc3ccccc3F)ncc2Cl)cc1. The first-order valence-corrected chi connectivity index (χ1v) is 9.16. The first-order chi connectivity index (χ1) is 12.5. The highest BCUT2D eigenvalue weighted by molar-refractivity contribution is 7.98. The molecule has 7 heteroatoms. The van der Waals surface area contributed by atoms with E-state index in [2.05, 4.69) is 15.3 Å². The van der Waals surface area contributed by atoms with Gasteiger partial charge < -0.3 is 5.32 Å². The molecule has 2 aromatic carbocycles. The van der Waals surface area contributed by atoms with E-state index in [1.807, 2.05) is 19.1 Å². The van der Waals surface area contributed by atoms with Crippen molar-refractivity contribution < 1.29 is 9.18 Å². The maximum atomic E-state index is 13.7. The maximum absolute atomic E-state index is 13.7. The van der Waals surface area contributed by atoms with Gasteiger partial charge in [-0.1, -0.05) is 59.3 Å². The number of aryl methyl sites for hydroxylation is 1. The van der Waals surface area contributed by atoms with E-state index >= 15 is 0 Å². The number of hydrogen-bond donors (Lipinski definition) is 1. The van der Waals surface area contributed by atoms with Crippen molar-refractivity contribution in [3.05, 3.63) is 82.4 Å². The zero-order valence-electron chi connectivity index (χ0n) is 13.9. The van der Waals surface area contributed by atoms with Crippen LogP contribution in [0.4, 0.5) is 10.1 Å². The van der Waals surface area contributed by atoms with E-state index in [9.17, 15) is 9.18 Å². The average Bonchev–Trinajstić information content (AvgIpc) is 2.64. The molecule has 4 nitrogen and oxygen atoms in total. The van der Waals surface area contributed by atoms with Gasteiger partial charge in [0.05, 0.1) is 11.2 Å². The Morgan fingerprint density at radius 3 is 2.65 bits per heavy atom. The van der Waals surface area contributed by atoms with Crippen LogP contribution in [0.15, 0.2) is 59.9 Å². The minimum absolute atomic E-state index is 0.0817. The molecule has 0 aliphatic heterocycles. The number of aromatic nitrogens is 2. The average molecular weight is 388 g/mol. The Bertz CT molecular complexity index is 934. The van der Waals surface area contributed by atoms with Crippen LogP contribution in [-0.2, 0) is 5.75 Å². The number of rotatable bonds is 5. The molecule has 1 aromatic heterocycles. The number of nitrogens with one attached hydrogen (secondary N) is 1. The second-order valence-electron chi connectivity index (χ2n) is 5.55. The highest BCUT2D eigenvalue weighted by Gasteiger charge is 2.15. The Kier molecular flexibility index (Phi) is 5.85. The van der Waals surface area contributed by atoms with Crippen LogP contribution in [0.3, 0.4) is 0 Å². The molecular formula is C19H15ClFN3OS. The molecule has 1 amide bonds. The van der Waals surface area contributed by atoms with Crippen molar-refractivity contribution in [2.24, 2.45) is 0 Å². The molecular weight excluding hydrogens is 373 g/mol. The lowest BCUT2D eigenvalue weighted by Crippen LogP contribution is -2.15. The summed E-state index contributed by atoms with van der Waals surface area (Å²) >= 11 is 7.31. The lowest BCUT2D eigenvalue weighted by atomic mass is 10.2. The van der Waals surface area contributed by atoms with E-state index in [4.69, 9.17) is 11.6 Å². The molecule has 0 fully saturated rings. The molecule has 0 aliphatic carbocycles. The minimum Gasteiger partial charge on any atom is -0.321 e. The van der Waals surface area contributed by atoms with Gasteiger partial charge in [0.2, 0.25) is 0 Å². The molecule has 0 saturated carbocycles. The van der Waals surface area contributed by atoms with E-state index in [-0.39, 0.29) is 16.5 Å². The van der Waals surface area contributed by atoms with Gasteiger partial charge in [0.1, 0.15) is 5.82 Å². The molecule has 1 N–H and O–H groups in total. The zero-order valence-corrected chi connectivity index (χ0v) is 15.4. The summed E-state index contributed by atoms with van der Waals surface area (Å²) in [7, 11) is 0. The number of amides is 1. The summed E-state index contributed by atoms with van der Waals surface area (Å²) in [4.78, 5) is 20.8. The van der Waals surface area contributed by atoms with Crippen molar-refractivity contribution in [1.29, 1.82) is 0 Å². The summed E-state index contributed by atoms with van der Waals surface area (Å²) in [6.07, 6.45) is 1.38. The summed E-state index contributed by atoms with van der Waals surface area (Å²) in [5.41, 5.74) is 2.37. The van der Waals surface area contributed by atoms with Crippen LogP contribution in [0.5, 0.6) is 0 Å². The summed E-state index contributed by atoms with van der Waals surface area (Å²) in [6.45, 7) is 1.96. The van der Waals surface area contributed by atoms with E-state index in [1.54, 1.807) is 30.3 Å². The Morgan fingerprint density at radius 2 is 1.92 bits per heavy atom. The fraction of sp³-hybridized carbons (Fsp3) is 0.105. The summed E-state index contributed by atoms with van der Waals surface area (Å²) < 4.78 is 13.7. The fourth-order valence-electron chi connectivity index (χ4n) is 2.16. The third kappa shape index (κ3) is 4.59. The predicted molar refractivity (Wildman–Crippen MR) is 102 cm³/mol. The second kappa shape index (κ2) is 8.29. The van der Waals surface area contributed by atoms with Crippen LogP contribution < -0.4 is 5.32 Å². The Morgan fingerprint density at radius 1 is 1.19 bits per heavy atom. The third-order valence-electron chi connectivity index (χ3n) is 3.56. The maximum Gasteiger partial charge on any atom is 0.275 e. The third-order valence-corrected chi connectivity index (χ3v) is 4.75. The molecule has 0 bridgehead atoms. The van der Waals surface area contributed by atoms with Crippen molar-refractivity contribution in [3.8, 4) is 0 Å². The molecule has 0 atom stereocenters. The number of benzene rings is 2. The topological polar surface area (TPSA) is 54.9 Å². The first kappa shape index (κ1) is 18.4. The minimum atomic E-state index is -0.422. The van der Waals surface area contributed by atoms with Crippen LogP contribution in [0.1, 0.15) is 21.6 Å². The molecule has 26 heavy (non-hydrogen) atoms. The molecule has 0 spiro atoms. The van der Waals surface area contributed by atoms with Crippen LogP contribution in [0, 0.1) is 12.7 Å². The molecule has 0 unspecified atom stereocenters. The van der Waals surface area contributed by atoms with Gasteiger partial charge in [-0.15, -0.1) is 0 Å². The number of anilines is 1.